The molecule has 3 heteroatoms. The molecule has 0 atom stereocenters. The van der Waals surface area contributed by atoms with E-state index in [-0.39, 0.29) is 12.4 Å². The highest BCUT2D eigenvalue weighted by Crippen LogP contribution is 2.16. The average molecular weight is 179 g/mol. The SMILES string of the molecule is OCCn1ccc2ccc(F)cc21. The molecule has 13 heavy (non-hydrogen) atoms. The summed E-state index contributed by atoms with van der Waals surface area (Å²) in [5, 5.41) is 9.75. The number of fused-ring (bicyclic) bond motifs is 1. The zero-order chi connectivity index (χ0) is 9.26. The second kappa shape index (κ2) is 3.18. The third kappa shape index (κ3) is 1.42. The largest absolute Gasteiger partial charge is 0.395 e. The van der Waals surface area contributed by atoms with E-state index in [2.05, 4.69) is 0 Å². The van der Waals surface area contributed by atoms with Gasteiger partial charge in [0.05, 0.1) is 12.1 Å². The Balaban J connectivity index is 2.58. The topological polar surface area (TPSA) is 25.2 Å². The van der Waals surface area contributed by atoms with Crippen LogP contribution in [0, 0.1) is 5.82 Å². The molecule has 68 valence electrons. The smallest absolute Gasteiger partial charge is 0.125 e. The van der Waals surface area contributed by atoms with Gasteiger partial charge in [-0.3, -0.25) is 0 Å². The lowest BCUT2D eigenvalue weighted by Crippen LogP contribution is -1.99. The van der Waals surface area contributed by atoms with Crippen LogP contribution in [0.15, 0.2) is 30.5 Å². The molecule has 2 nitrogen and oxygen atoms in total. The number of rotatable bonds is 2. The average Bonchev–Trinajstić information content (AvgIpc) is 2.49. The van der Waals surface area contributed by atoms with Crippen molar-refractivity contribution in [2.45, 2.75) is 6.54 Å². The number of halogens is 1. The molecule has 1 aromatic heterocycles. The van der Waals surface area contributed by atoms with Crippen LogP contribution in [0.4, 0.5) is 4.39 Å². The van der Waals surface area contributed by atoms with Gasteiger partial charge in [0.15, 0.2) is 0 Å². The minimum Gasteiger partial charge on any atom is -0.395 e. The molecule has 1 heterocycles. The van der Waals surface area contributed by atoms with Gasteiger partial charge in [-0.25, -0.2) is 4.39 Å². The van der Waals surface area contributed by atoms with E-state index in [1.54, 1.807) is 6.07 Å². The summed E-state index contributed by atoms with van der Waals surface area (Å²) < 4.78 is 14.7. The monoisotopic (exact) mass is 179 g/mol. The molecule has 0 spiro atoms. The number of aromatic nitrogens is 1. The van der Waals surface area contributed by atoms with Crippen LogP contribution in [-0.2, 0) is 6.54 Å². The summed E-state index contributed by atoms with van der Waals surface area (Å²) in [6.07, 6.45) is 1.85. The van der Waals surface area contributed by atoms with Gasteiger partial charge in [0.1, 0.15) is 5.82 Å². The number of aliphatic hydroxyl groups is 1. The van der Waals surface area contributed by atoms with Gasteiger partial charge in [0.2, 0.25) is 0 Å². The maximum atomic E-state index is 12.9. The van der Waals surface area contributed by atoms with Crippen molar-refractivity contribution in [3.63, 3.8) is 0 Å². The molecular formula is C10H10FNO. The van der Waals surface area contributed by atoms with E-state index in [0.29, 0.717) is 6.54 Å². The molecule has 0 aliphatic heterocycles. The zero-order valence-corrected chi connectivity index (χ0v) is 7.07. The summed E-state index contributed by atoms with van der Waals surface area (Å²) in [5.41, 5.74) is 0.828. The Morgan fingerprint density at radius 3 is 2.92 bits per heavy atom. The van der Waals surface area contributed by atoms with E-state index in [1.165, 1.54) is 12.1 Å². The Hall–Kier alpha value is -1.35. The van der Waals surface area contributed by atoms with Crippen LogP contribution in [-0.4, -0.2) is 16.3 Å². The lowest BCUT2D eigenvalue weighted by molar-refractivity contribution is 0.278. The van der Waals surface area contributed by atoms with E-state index >= 15 is 0 Å². The Morgan fingerprint density at radius 1 is 1.31 bits per heavy atom. The molecule has 0 radical (unpaired) electrons. The van der Waals surface area contributed by atoms with Crippen LogP contribution >= 0.6 is 0 Å². The normalized spacial score (nSPS) is 10.9. The van der Waals surface area contributed by atoms with Crippen LogP contribution in [0.25, 0.3) is 10.9 Å². The van der Waals surface area contributed by atoms with Crippen molar-refractivity contribution >= 4 is 10.9 Å². The van der Waals surface area contributed by atoms with Crippen molar-refractivity contribution in [1.82, 2.24) is 4.57 Å². The number of aliphatic hydroxyl groups excluding tert-OH is 1. The van der Waals surface area contributed by atoms with Crippen LogP contribution in [0.5, 0.6) is 0 Å². The molecule has 1 N–H and O–H groups in total. The molecule has 2 aromatic rings. The summed E-state index contributed by atoms with van der Waals surface area (Å²) in [6, 6.07) is 6.56. The lowest BCUT2D eigenvalue weighted by atomic mass is 10.2. The zero-order valence-electron chi connectivity index (χ0n) is 7.07. The minimum atomic E-state index is -0.245. The molecule has 0 aliphatic rings. The van der Waals surface area contributed by atoms with Gasteiger partial charge in [0.25, 0.3) is 0 Å². The maximum absolute atomic E-state index is 12.9. The summed E-state index contributed by atoms with van der Waals surface area (Å²) in [5.74, 6) is -0.245. The maximum Gasteiger partial charge on any atom is 0.125 e. The van der Waals surface area contributed by atoms with Gasteiger partial charge in [-0.05, 0) is 29.7 Å². The quantitative estimate of drug-likeness (QED) is 0.746. The summed E-state index contributed by atoms with van der Waals surface area (Å²) in [7, 11) is 0. The number of hydrogen-bond acceptors (Lipinski definition) is 1. The second-order valence-electron chi connectivity index (χ2n) is 2.94. The first-order chi connectivity index (χ1) is 6.31. The first-order valence-electron chi connectivity index (χ1n) is 4.16. The highest BCUT2D eigenvalue weighted by Gasteiger charge is 2.00. The van der Waals surface area contributed by atoms with Crippen molar-refractivity contribution in [3.8, 4) is 0 Å². The second-order valence-corrected chi connectivity index (χ2v) is 2.94. The standard InChI is InChI=1S/C10H10FNO/c11-9-2-1-8-3-4-12(5-6-13)10(8)7-9/h1-4,7,13H,5-6H2. The van der Waals surface area contributed by atoms with Gasteiger partial charge < -0.3 is 9.67 Å². The van der Waals surface area contributed by atoms with E-state index in [9.17, 15) is 4.39 Å². The fraction of sp³-hybridized carbons (Fsp3) is 0.200. The fourth-order valence-electron chi connectivity index (χ4n) is 1.46. The van der Waals surface area contributed by atoms with Gasteiger partial charge in [-0.1, -0.05) is 0 Å². The predicted molar refractivity (Wildman–Crippen MR) is 49.0 cm³/mol. The van der Waals surface area contributed by atoms with Gasteiger partial charge >= 0.3 is 0 Å². The van der Waals surface area contributed by atoms with E-state index in [0.717, 1.165) is 10.9 Å². The predicted octanol–water partition coefficient (Wildman–Crippen LogP) is 1.77. The molecule has 0 saturated carbocycles. The Kier molecular flexibility index (Phi) is 2.02. The summed E-state index contributed by atoms with van der Waals surface area (Å²) >= 11 is 0. The van der Waals surface area contributed by atoms with Gasteiger partial charge in [-0.15, -0.1) is 0 Å². The molecule has 0 unspecified atom stereocenters. The molecular weight excluding hydrogens is 169 g/mol. The third-order valence-electron chi connectivity index (χ3n) is 2.08. The third-order valence-corrected chi connectivity index (χ3v) is 2.08. The van der Waals surface area contributed by atoms with E-state index in [1.807, 2.05) is 16.8 Å². The van der Waals surface area contributed by atoms with Crippen molar-refractivity contribution in [1.29, 1.82) is 0 Å². The lowest BCUT2D eigenvalue weighted by Gasteiger charge is -2.01. The summed E-state index contributed by atoms with van der Waals surface area (Å²) in [6.45, 7) is 0.577. The molecule has 0 amide bonds. The first kappa shape index (κ1) is 8.26. The number of hydrogen-bond donors (Lipinski definition) is 1. The van der Waals surface area contributed by atoms with Gasteiger partial charge in [-0.2, -0.15) is 0 Å². The van der Waals surface area contributed by atoms with E-state index in [4.69, 9.17) is 5.11 Å². The van der Waals surface area contributed by atoms with Crippen LogP contribution in [0.2, 0.25) is 0 Å². The van der Waals surface area contributed by atoms with Crippen LogP contribution < -0.4 is 0 Å². The fourth-order valence-corrected chi connectivity index (χ4v) is 1.46. The summed E-state index contributed by atoms with van der Waals surface area (Å²) in [4.78, 5) is 0. The van der Waals surface area contributed by atoms with Gasteiger partial charge in [0, 0.05) is 12.7 Å². The highest BCUT2D eigenvalue weighted by molar-refractivity contribution is 5.80. The van der Waals surface area contributed by atoms with Crippen molar-refractivity contribution in [3.05, 3.63) is 36.3 Å². The Bertz CT molecular complexity index is 422. The van der Waals surface area contributed by atoms with Crippen molar-refractivity contribution in [2.75, 3.05) is 6.61 Å². The van der Waals surface area contributed by atoms with Crippen molar-refractivity contribution in [2.24, 2.45) is 0 Å². The Labute approximate surface area is 75.2 Å². The molecule has 0 aliphatic carbocycles. The number of benzene rings is 1. The van der Waals surface area contributed by atoms with Crippen LogP contribution in [0.3, 0.4) is 0 Å². The molecule has 0 bridgehead atoms. The minimum absolute atomic E-state index is 0.0697. The molecule has 0 saturated heterocycles. The van der Waals surface area contributed by atoms with Crippen LogP contribution in [0.1, 0.15) is 0 Å². The molecule has 1 aromatic carbocycles. The van der Waals surface area contributed by atoms with Crippen molar-refractivity contribution < 1.29 is 9.50 Å². The number of nitrogens with zero attached hydrogens (tertiary/aromatic N) is 1. The Morgan fingerprint density at radius 2 is 2.15 bits per heavy atom. The first-order valence-corrected chi connectivity index (χ1v) is 4.16. The highest BCUT2D eigenvalue weighted by atomic mass is 19.1. The molecule has 2 rings (SSSR count). The molecule has 0 fully saturated rings. The van der Waals surface area contributed by atoms with E-state index < -0.39 is 0 Å².